The van der Waals surface area contributed by atoms with Gasteiger partial charge in [0.05, 0.1) is 0 Å². The van der Waals surface area contributed by atoms with Crippen molar-refractivity contribution in [3.05, 3.63) is 58.1 Å². The fraction of sp³-hybridized carbons (Fsp3) is 0.0769. The van der Waals surface area contributed by atoms with Crippen molar-refractivity contribution in [2.75, 3.05) is 0 Å². The summed E-state index contributed by atoms with van der Waals surface area (Å²) in [5.74, 6) is 0. The molecule has 1 aromatic carbocycles. The van der Waals surface area contributed by atoms with Crippen molar-refractivity contribution >= 4 is 11.6 Å². The number of hydrogen-bond acceptors (Lipinski definition) is 1. The number of hydrogen-bond donors (Lipinski definition) is 1. The van der Waals surface area contributed by atoms with E-state index in [1.165, 1.54) is 21.6 Å². The van der Waals surface area contributed by atoms with E-state index in [1.807, 2.05) is 0 Å². The third-order valence-corrected chi connectivity index (χ3v) is 2.81. The lowest BCUT2D eigenvalue weighted by molar-refractivity contribution is 1.14. The summed E-state index contributed by atoms with van der Waals surface area (Å²) in [6.45, 7) is 0. The Morgan fingerprint density at radius 3 is 2.86 bits per heavy atom. The van der Waals surface area contributed by atoms with Crippen LogP contribution in [0.1, 0.15) is 6.42 Å². The summed E-state index contributed by atoms with van der Waals surface area (Å²) in [6.07, 6.45) is 7.37. The summed E-state index contributed by atoms with van der Waals surface area (Å²) in [6, 6.07) is 8.42. The molecule has 0 bridgehead atoms. The zero-order valence-corrected chi connectivity index (χ0v) is 7.83. The van der Waals surface area contributed by atoms with Gasteiger partial charge in [-0.05, 0) is 22.1 Å². The molecule has 0 fully saturated rings. The monoisotopic (exact) mass is 181 g/mol. The molecule has 68 valence electrons. The fourth-order valence-corrected chi connectivity index (χ4v) is 2.11. The van der Waals surface area contributed by atoms with E-state index in [-0.39, 0.29) is 0 Å². The summed E-state index contributed by atoms with van der Waals surface area (Å²) in [5, 5.41) is 2.59. The second kappa shape index (κ2) is 2.61. The maximum Gasteiger partial charge on any atom is 0.0199 e. The quantitative estimate of drug-likeness (QED) is 0.629. The molecule has 1 nitrogen and oxygen atoms in total. The van der Waals surface area contributed by atoms with E-state index in [2.05, 4.69) is 42.5 Å². The Balaban J connectivity index is 2.49. The molecular weight excluding hydrogens is 170 g/mol. The van der Waals surface area contributed by atoms with Crippen LogP contribution < -0.4 is 16.2 Å². The van der Waals surface area contributed by atoms with Crippen molar-refractivity contribution in [3.63, 3.8) is 0 Å². The van der Waals surface area contributed by atoms with Crippen molar-refractivity contribution in [1.82, 2.24) is 0 Å². The standard InChI is InChI=1S/C13H11N/c14-13-7-3-6-11-10-5-2-1-4-9(10)8-12(11)13/h1-6,8H,7,14H2. The Labute approximate surface area is 82.6 Å². The van der Waals surface area contributed by atoms with E-state index in [9.17, 15) is 0 Å². The van der Waals surface area contributed by atoms with Crippen LogP contribution in [-0.2, 0) is 0 Å². The second-order valence-electron chi connectivity index (χ2n) is 3.69. The zero-order chi connectivity index (χ0) is 9.54. The van der Waals surface area contributed by atoms with E-state index >= 15 is 0 Å². The van der Waals surface area contributed by atoms with Gasteiger partial charge in [-0.15, -0.1) is 0 Å². The molecule has 0 aromatic heterocycles. The lowest BCUT2D eigenvalue weighted by Crippen LogP contribution is -2.21. The van der Waals surface area contributed by atoms with E-state index in [4.69, 9.17) is 5.73 Å². The number of rotatable bonds is 0. The molecule has 0 unspecified atom stereocenters. The van der Waals surface area contributed by atoms with Crippen LogP contribution in [0.2, 0.25) is 0 Å². The van der Waals surface area contributed by atoms with E-state index in [0.29, 0.717) is 0 Å². The van der Waals surface area contributed by atoms with E-state index in [1.54, 1.807) is 0 Å². The number of fused-ring (bicyclic) bond motifs is 2. The van der Waals surface area contributed by atoms with Gasteiger partial charge in [0.25, 0.3) is 0 Å². The van der Waals surface area contributed by atoms with Gasteiger partial charge in [-0.1, -0.05) is 36.4 Å². The number of nitrogens with two attached hydrogens (primary N) is 1. The van der Waals surface area contributed by atoms with Crippen LogP contribution >= 0.6 is 0 Å². The van der Waals surface area contributed by atoms with Crippen molar-refractivity contribution in [2.45, 2.75) is 6.42 Å². The Bertz CT molecular complexity index is 573. The van der Waals surface area contributed by atoms with Crippen molar-refractivity contribution in [3.8, 4) is 0 Å². The zero-order valence-electron chi connectivity index (χ0n) is 7.83. The molecule has 3 rings (SSSR count). The minimum Gasteiger partial charge on any atom is -0.401 e. The molecule has 2 aliphatic rings. The van der Waals surface area contributed by atoms with Gasteiger partial charge in [0.15, 0.2) is 0 Å². The smallest absolute Gasteiger partial charge is 0.0199 e. The largest absolute Gasteiger partial charge is 0.401 e. The first-order valence-corrected chi connectivity index (χ1v) is 4.83. The highest BCUT2D eigenvalue weighted by atomic mass is 14.6. The molecule has 0 amide bonds. The molecule has 0 saturated heterocycles. The first kappa shape index (κ1) is 7.63. The third-order valence-electron chi connectivity index (χ3n) is 2.81. The Kier molecular flexibility index (Phi) is 1.42. The molecule has 14 heavy (non-hydrogen) atoms. The highest BCUT2D eigenvalue weighted by Crippen LogP contribution is 2.24. The van der Waals surface area contributed by atoms with Crippen molar-refractivity contribution in [2.24, 2.45) is 5.73 Å². The van der Waals surface area contributed by atoms with Crippen molar-refractivity contribution < 1.29 is 0 Å². The fourth-order valence-electron chi connectivity index (χ4n) is 2.11. The molecule has 0 spiro atoms. The first-order chi connectivity index (χ1) is 6.86. The first-order valence-electron chi connectivity index (χ1n) is 4.83. The Hall–Kier alpha value is -1.76. The summed E-state index contributed by atoms with van der Waals surface area (Å²) in [5.41, 5.74) is 9.46. The predicted octanol–water partition coefficient (Wildman–Crippen LogP) is 0.804. The van der Waals surface area contributed by atoms with Gasteiger partial charge in [0.1, 0.15) is 0 Å². The van der Waals surface area contributed by atoms with Crippen LogP contribution in [0.3, 0.4) is 0 Å². The Morgan fingerprint density at radius 1 is 1.07 bits per heavy atom. The molecular formula is C13H11N. The summed E-state index contributed by atoms with van der Waals surface area (Å²) < 4.78 is 0. The van der Waals surface area contributed by atoms with Crippen LogP contribution in [0.4, 0.5) is 0 Å². The lowest BCUT2D eigenvalue weighted by atomic mass is 9.99. The van der Waals surface area contributed by atoms with Crippen LogP contribution in [0.5, 0.6) is 0 Å². The van der Waals surface area contributed by atoms with Crippen LogP contribution in [0, 0.1) is 0 Å². The highest BCUT2D eigenvalue weighted by molar-refractivity contribution is 5.89. The molecule has 0 radical (unpaired) electrons. The normalized spacial score (nSPS) is 17.9. The minimum atomic E-state index is 0.878. The molecule has 0 aliphatic heterocycles. The van der Waals surface area contributed by atoms with Crippen LogP contribution in [0.25, 0.3) is 11.6 Å². The SMILES string of the molecule is NC1=C2C=c3ccccc3=C2C=CC1. The average Bonchev–Trinajstić information content (AvgIpc) is 2.59. The topological polar surface area (TPSA) is 26.0 Å². The molecule has 1 aromatic rings. The van der Waals surface area contributed by atoms with Gasteiger partial charge in [-0.25, -0.2) is 0 Å². The summed E-state index contributed by atoms with van der Waals surface area (Å²) in [7, 11) is 0. The van der Waals surface area contributed by atoms with Gasteiger partial charge in [0.2, 0.25) is 0 Å². The predicted molar refractivity (Wildman–Crippen MR) is 58.5 cm³/mol. The molecule has 0 heterocycles. The molecule has 0 atom stereocenters. The number of benzene rings is 1. The maximum atomic E-state index is 5.98. The van der Waals surface area contributed by atoms with Gasteiger partial charge in [-0.2, -0.15) is 0 Å². The van der Waals surface area contributed by atoms with Gasteiger partial charge in [-0.3, -0.25) is 0 Å². The van der Waals surface area contributed by atoms with E-state index in [0.717, 1.165) is 12.1 Å². The highest BCUT2D eigenvalue weighted by Gasteiger charge is 2.13. The van der Waals surface area contributed by atoms with Gasteiger partial charge >= 0.3 is 0 Å². The summed E-state index contributed by atoms with van der Waals surface area (Å²) in [4.78, 5) is 0. The average molecular weight is 181 g/mol. The number of allylic oxidation sites excluding steroid dienone is 3. The Morgan fingerprint density at radius 2 is 1.93 bits per heavy atom. The lowest BCUT2D eigenvalue weighted by Gasteiger charge is -2.09. The van der Waals surface area contributed by atoms with Crippen LogP contribution in [-0.4, -0.2) is 0 Å². The minimum absolute atomic E-state index is 0.878. The molecule has 0 saturated carbocycles. The third kappa shape index (κ3) is 0.896. The van der Waals surface area contributed by atoms with Crippen molar-refractivity contribution in [1.29, 1.82) is 0 Å². The van der Waals surface area contributed by atoms with Gasteiger partial charge < -0.3 is 5.73 Å². The second-order valence-corrected chi connectivity index (χ2v) is 3.69. The van der Waals surface area contributed by atoms with Crippen LogP contribution in [0.15, 0.2) is 47.7 Å². The molecule has 1 heteroatoms. The molecule has 2 N–H and O–H groups in total. The molecule has 2 aliphatic carbocycles. The summed E-state index contributed by atoms with van der Waals surface area (Å²) >= 11 is 0. The van der Waals surface area contributed by atoms with E-state index < -0.39 is 0 Å². The maximum absolute atomic E-state index is 5.98. The van der Waals surface area contributed by atoms with Gasteiger partial charge in [0, 0.05) is 17.7 Å².